The lowest BCUT2D eigenvalue weighted by Gasteiger charge is -2.11. The molecule has 0 fully saturated rings. The Balaban J connectivity index is 2.04. The van der Waals surface area contributed by atoms with Gasteiger partial charge in [0.1, 0.15) is 12.4 Å². The van der Waals surface area contributed by atoms with Gasteiger partial charge in [-0.25, -0.2) is 0 Å². The van der Waals surface area contributed by atoms with Crippen LogP contribution < -0.4 is 4.74 Å². The van der Waals surface area contributed by atoms with E-state index in [1.807, 2.05) is 42.5 Å². The summed E-state index contributed by atoms with van der Waals surface area (Å²) in [6.45, 7) is 4.29. The monoisotopic (exact) mass is 308 g/mol. The molecule has 0 aromatic heterocycles. The van der Waals surface area contributed by atoms with Crippen molar-refractivity contribution in [1.29, 1.82) is 0 Å². The topological polar surface area (TPSA) is 46.5 Å². The summed E-state index contributed by atoms with van der Waals surface area (Å²) in [5.41, 5.74) is 3.24. The molecule has 23 heavy (non-hydrogen) atoms. The van der Waals surface area contributed by atoms with Gasteiger partial charge in [-0.1, -0.05) is 42.3 Å². The lowest BCUT2D eigenvalue weighted by atomic mass is 9.96. The Morgan fingerprint density at radius 3 is 2.48 bits per heavy atom. The molecule has 0 aliphatic carbocycles. The van der Waals surface area contributed by atoms with E-state index in [1.54, 1.807) is 6.92 Å². The Hall–Kier alpha value is -2.73. The Bertz CT molecular complexity index is 721. The van der Waals surface area contributed by atoms with Crippen LogP contribution in [-0.4, -0.2) is 11.1 Å². The molecule has 0 aliphatic heterocycles. The van der Waals surface area contributed by atoms with Crippen LogP contribution in [0.2, 0.25) is 0 Å². The molecule has 0 saturated heterocycles. The lowest BCUT2D eigenvalue weighted by Crippen LogP contribution is -2.04. The number of benzene rings is 2. The number of carboxylic acid groups (broad SMARTS) is 1. The zero-order chi connectivity index (χ0) is 16.7. The van der Waals surface area contributed by atoms with Gasteiger partial charge in [-0.2, -0.15) is 0 Å². The van der Waals surface area contributed by atoms with E-state index < -0.39 is 5.97 Å². The molecule has 0 aliphatic rings. The van der Waals surface area contributed by atoms with Crippen molar-refractivity contribution < 1.29 is 14.6 Å². The first-order valence-electron chi connectivity index (χ1n) is 7.51. The maximum absolute atomic E-state index is 10.9. The highest BCUT2D eigenvalue weighted by Gasteiger charge is 2.13. The second-order valence-electron chi connectivity index (χ2n) is 5.33. The van der Waals surface area contributed by atoms with E-state index in [-0.39, 0.29) is 12.3 Å². The third-order valence-electron chi connectivity index (χ3n) is 3.64. The number of aryl methyl sites for hydroxylation is 1. The van der Waals surface area contributed by atoms with Gasteiger partial charge >= 0.3 is 5.97 Å². The molecule has 2 rings (SSSR count). The molecule has 0 amide bonds. The van der Waals surface area contributed by atoms with Crippen molar-refractivity contribution >= 4 is 5.97 Å². The molecule has 0 unspecified atom stereocenters. The number of aliphatic carboxylic acids is 1. The van der Waals surface area contributed by atoms with Gasteiger partial charge in [0.25, 0.3) is 0 Å². The van der Waals surface area contributed by atoms with Crippen molar-refractivity contribution in [1.82, 2.24) is 0 Å². The van der Waals surface area contributed by atoms with Crippen molar-refractivity contribution in [2.45, 2.75) is 32.8 Å². The summed E-state index contributed by atoms with van der Waals surface area (Å²) >= 11 is 0. The SMILES string of the molecule is CC#C[C@H](CC(=O)O)c1ccc(OCc2ccccc2C)cc1. The minimum absolute atomic E-state index is 0.00422. The number of rotatable bonds is 6. The normalized spacial score (nSPS) is 11.2. The molecule has 0 heterocycles. The third-order valence-corrected chi connectivity index (χ3v) is 3.64. The van der Waals surface area contributed by atoms with Crippen LogP contribution in [0.4, 0.5) is 0 Å². The molecule has 3 heteroatoms. The molecule has 1 atom stereocenters. The highest BCUT2D eigenvalue weighted by atomic mass is 16.5. The maximum Gasteiger partial charge on any atom is 0.304 e. The second kappa shape index (κ2) is 8.05. The van der Waals surface area contributed by atoms with Gasteiger partial charge in [0.05, 0.1) is 12.3 Å². The number of hydrogen-bond donors (Lipinski definition) is 1. The fourth-order valence-electron chi connectivity index (χ4n) is 2.33. The number of ether oxygens (including phenoxy) is 1. The Kier molecular flexibility index (Phi) is 5.82. The van der Waals surface area contributed by atoms with Crippen molar-refractivity contribution in [2.75, 3.05) is 0 Å². The summed E-state index contributed by atoms with van der Waals surface area (Å²) in [4.78, 5) is 10.9. The van der Waals surface area contributed by atoms with E-state index in [0.717, 1.165) is 16.9 Å². The third kappa shape index (κ3) is 4.89. The van der Waals surface area contributed by atoms with Crippen molar-refractivity contribution in [2.24, 2.45) is 0 Å². The highest BCUT2D eigenvalue weighted by Crippen LogP contribution is 2.23. The van der Waals surface area contributed by atoms with Crippen LogP contribution in [0.1, 0.15) is 36.0 Å². The first-order valence-corrected chi connectivity index (χ1v) is 7.51. The van der Waals surface area contributed by atoms with Crippen molar-refractivity contribution in [3.63, 3.8) is 0 Å². The largest absolute Gasteiger partial charge is 0.489 e. The summed E-state index contributed by atoms with van der Waals surface area (Å²) in [5, 5.41) is 8.97. The minimum atomic E-state index is -0.849. The van der Waals surface area contributed by atoms with E-state index in [9.17, 15) is 4.79 Å². The van der Waals surface area contributed by atoms with E-state index in [2.05, 4.69) is 24.8 Å². The summed E-state index contributed by atoms with van der Waals surface area (Å²) in [6.07, 6.45) is 0.00422. The van der Waals surface area contributed by atoms with Crippen LogP contribution in [0.5, 0.6) is 5.75 Å². The molecule has 2 aromatic rings. The quantitative estimate of drug-likeness (QED) is 0.815. The van der Waals surface area contributed by atoms with Crippen LogP contribution in [0.25, 0.3) is 0 Å². The minimum Gasteiger partial charge on any atom is -0.489 e. The smallest absolute Gasteiger partial charge is 0.304 e. The molecular weight excluding hydrogens is 288 g/mol. The predicted molar refractivity (Wildman–Crippen MR) is 90.4 cm³/mol. The van der Waals surface area contributed by atoms with Gasteiger partial charge in [0.2, 0.25) is 0 Å². The average Bonchev–Trinajstić information content (AvgIpc) is 2.54. The molecular formula is C20H20O3. The molecule has 118 valence electrons. The van der Waals surface area contributed by atoms with E-state index in [0.29, 0.717) is 6.61 Å². The summed E-state index contributed by atoms with van der Waals surface area (Å²) in [5.74, 6) is 5.36. The Morgan fingerprint density at radius 2 is 1.87 bits per heavy atom. The van der Waals surface area contributed by atoms with Crippen LogP contribution in [-0.2, 0) is 11.4 Å². The van der Waals surface area contributed by atoms with Crippen LogP contribution in [0.15, 0.2) is 48.5 Å². The molecule has 2 aromatic carbocycles. The standard InChI is InChI=1S/C20H20O3/c1-3-6-17(13-20(21)22)16-9-11-19(12-10-16)23-14-18-8-5-4-7-15(18)2/h4-5,7-12,17H,13-14H2,1-2H3,(H,21,22)/t17-/m1/s1. The van der Waals surface area contributed by atoms with Crippen LogP contribution >= 0.6 is 0 Å². The zero-order valence-electron chi connectivity index (χ0n) is 13.4. The Labute approximate surface area is 136 Å². The number of carboxylic acids is 1. The van der Waals surface area contributed by atoms with Gasteiger partial charge in [-0.15, -0.1) is 5.92 Å². The first kappa shape index (κ1) is 16.6. The second-order valence-corrected chi connectivity index (χ2v) is 5.33. The van der Waals surface area contributed by atoms with E-state index in [4.69, 9.17) is 9.84 Å². The molecule has 1 N–H and O–H groups in total. The Morgan fingerprint density at radius 1 is 1.17 bits per heavy atom. The average molecular weight is 308 g/mol. The van der Waals surface area contributed by atoms with Crippen LogP contribution in [0.3, 0.4) is 0 Å². The number of carbonyl (C=O) groups is 1. The van der Waals surface area contributed by atoms with Crippen molar-refractivity contribution in [3.05, 3.63) is 65.2 Å². The fourth-order valence-corrected chi connectivity index (χ4v) is 2.33. The number of hydrogen-bond acceptors (Lipinski definition) is 2. The summed E-state index contributed by atoms with van der Waals surface area (Å²) in [7, 11) is 0. The molecule has 0 bridgehead atoms. The zero-order valence-corrected chi connectivity index (χ0v) is 13.4. The van der Waals surface area contributed by atoms with Crippen molar-refractivity contribution in [3.8, 4) is 17.6 Å². The van der Waals surface area contributed by atoms with Gasteiger partial charge in [-0.3, -0.25) is 4.79 Å². The van der Waals surface area contributed by atoms with Crippen LogP contribution in [0, 0.1) is 18.8 Å². The fraction of sp³-hybridized carbons (Fsp3) is 0.250. The first-order chi connectivity index (χ1) is 11.1. The molecule has 0 radical (unpaired) electrons. The van der Waals surface area contributed by atoms with E-state index >= 15 is 0 Å². The molecule has 3 nitrogen and oxygen atoms in total. The summed E-state index contributed by atoms with van der Waals surface area (Å²) < 4.78 is 5.80. The highest BCUT2D eigenvalue weighted by molar-refractivity contribution is 5.69. The summed E-state index contributed by atoms with van der Waals surface area (Å²) in [6, 6.07) is 15.6. The van der Waals surface area contributed by atoms with Gasteiger partial charge < -0.3 is 9.84 Å². The van der Waals surface area contributed by atoms with Gasteiger partial charge in [0, 0.05) is 0 Å². The molecule has 0 saturated carbocycles. The molecule has 0 spiro atoms. The lowest BCUT2D eigenvalue weighted by molar-refractivity contribution is -0.137. The van der Waals surface area contributed by atoms with E-state index in [1.165, 1.54) is 5.56 Å². The van der Waals surface area contributed by atoms with Gasteiger partial charge in [0.15, 0.2) is 0 Å². The van der Waals surface area contributed by atoms with Gasteiger partial charge in [-0.05, 0) is 42.7 Å². The maximum atomic E-state index is 10.9. The predicted octanol–water partition coefficient (Wildman–Crippen LogP) is 4.16.